The molecule has 7 heteroatoms. The van der Waals surface area contributed by atoms with Crippen molar-refractivity contribution in [2.75, 3.05) is 12.4 Å². The molecule has 0 saturated heterocycles. The summed E-state index contributed by atoms with van der Waals surface area (Å²) >= 11 is 15.3. The molecule has 2 aromatic carbocycles. The lowest BCUT2D eigenvalue weighted by molar-refractivity contribution is 0.102. The van der Waals surface area contributed by atoms with Gasteiger partial charge in [-0.15, -0.1) is 0 Å². The van der Waals surface area contributed by atoms with Gasteiger partial charge in [0, 0.05) is 10.5 Å². The molecule has 0 aliphatic carbocycles. The molecule has 1 amide bonds. The number of hydrogen-bond donors (Lipinski definition) is 1. The summed E-state index contributed by atoms with van der Waals surface area (Å²) in [5.74, 6) is -1.03. The average Bonchev–Trinajstić information content (AvgIpc) is 2.42. The highest BCUT2D eigenvalue weighted by molar-refractivity contribution is 9.10. The molecule has 0 aromatic heterocycles. The highest BCUT2D eigenvalue weighted by atomic mass is 79.9. The summed E-state index contributed by atoms with van der Waals surface area (Å²) in [6.45, 7) is 0. The van der Waals surface area contributed by atoms with Gasteiger partial charge in [-0.05, 0) is 24.3 Å². The third-order valence-corrected chi connectivity index (χ3v) is 3.72. The van der Waals surface area contributed by atoms with Crippen molar-refractivity contribution in [2.24, 2.45) is 0 Å². The number of hydrogen-bond acceptors (Lipinski definition) is 2. The number of amides is 1. The van der Waals surface area contributed by atoms with Crippen LogP contribution in [0.25, 0.3) is 0 Å². The molecule has 3 nitrogen and oxygen atoms in total. The highest BCUT2D eigenvalue weighted by Gasteiger charge is 2.16. The van der Waals surface area contributed by atoms with Crippen molar-refractivity contribution >= 4 is 50.7 Å². The SMILES string of the molecule is COc1ccc(C(=O)Nc2c(Cl)cc(Br)cc2Cl)c(F)c1. The maximum Gasteiger partial charge on any atom is 0.258 e. The molecule has 0 unspecified atom stereocenters. The van der Waals surface area contributed by atoms with Crippen LogP contribution >= 0.6 is 39.1 Å². The van der Waals surface area contributed by atoms with Crippen LogP contribution in [0.2, 0.25) is 10.0 Å². The third-order valence-electron chi connectivity index (χ3n) is 2.67. The summed E-state index contributed by atoms with van der Waals surface area (Å²) in [4.78, 5) is 12.1. The predicted molar refractivity (Wildman–Crippen MR) is 85.1 cm³/mol. The van der Waals surface area contributed by atoms with Crippen LogP contribution in [0.15, 0.2) is 34.8 Å². The molecule has 2 rings (SSSR count). The van der Waals surface area contributed by atoms with E-state index in [1.54, 1.807) is 12.1 Å². The Morgan fingerprint density at radius 2 is 1.86 bits per heavy atom. The Bertz CT molecular complexity index is 686. The lowest BCUT2D eigenvalue weighted by Crippen LogP contribution is -2.14. The van der Waals surface area contributed by atoms with E-state index in [-0.39, 0.29) is 21.3 Å². The van der Waals surface area contributed by atoms with Crippen molar-refractivity contribution in [3.05, 3.63) is 56.2 Å². The van der Waals surface area contributed by atoms with E-state index in [1.165, 1.54) is 19.2 Å². The summed E-state index contributed by atoms with van der Waals surface area (Å²) < 4.78 is 19.4. The van der Waals surface area contributed by atoms with Crippen molar-refractivity contribution in [3.8, 4) is 5.75 Å². The first kappa shape index (κ1) is 16.1. The van der Waals surface area contributed by atoms with Gasteiger partial charge in [0.15, 0.2) is 0 Å². The molecule has 0 spiro atoms. The van der Waals surface area contributed by atoms with Crippen molar-refractivity contribution in [3.63, 3.8) is 0 Å². The molecule has 1 N–H and O–H groups in total. The molecule has 0 fully saturated rings. The van der Waals surface area contributed by atoms with Crippen molar-refractivity contribution in [2.45, 2.75) is 0 Å². The molecule has 110 valence electrons. The van der Waals surface area contributed by atoms with Gasteiger partial charge in [-0.1, -0.05) is 39.1 Å². The zero-order valence-electron chi connectivity index (χ0n) is 10.7. The summed E-state index contributed by atoms with van der Waals surface area (Å²) in [6, 6.07) is 7.09. The summed E-state index contributed by atoms with van der Waals surface area (Å²) in [7, 11) is 1.41. The number of rotatable bonds is 3. The highest BCUT2D eigenvalue weighted by Crippen LogP contribution is 2.34. The van der Waals surface area contributed by atoms with E-state index in [1.807, 2.05) is 0 Å². The molecule has 0 aliphatic heterocycles. The van der Waals surface area contributed by atoms with E-state index in [0.717, 1.165) is 6.07 Å². The lowest BCUT2D eigenvalue weighted by atomic mass is 10.2. The van der Waals surface area contributed by atoms with Crippen LogP contribution in [0.4, 0.5) is 10.1 Å². The Morgan fingerprint density at radius 1 is 1.24 bits per heavy atom. The number of ether oxygens (including phenoxy) is 1. The first-order valence-electron chi connectivity index (χ1n) is 5.72. The fraction of sp³-hybridized carbons (Fsp3) is 0.0714. The van der Waals surface area contributed by atoms with Crippen LogP contribution in [-0.4, -0.2) is 13.0 Å². The van der Waals surface area contributed by atoms with Crippen LogP contribution < -0.4 is 10.1 Å². The average molecular weight is 393 g/mol. The van der Waals surface area contributed by atoms with Crippen LogP contribution in [0, 0.1) is 5.82 Å². The minimum Gasteiger partial charge on any atom is -0.497 e. The first-order valence-corrected chi connectivity index (χ1v) is 7.26. The van der Waals surface area contributed by atoms with E-state index in [9.17, 15) is 9.18 Å². The lowest BCUT2D eigenvalue weighted by Gasteiger charge is -2.11. The van der Waals surface area contributed by atoms with Gasteiger partial charge >= 0.3 is 0 Å². The Hall–Kier alpha value is -1.30. The van der Waals surface area contributed by atoms with Gasteiger partial charge in [-0.2, -0.15) is 0 Å². The number of carbonyl (C=O) groups excluding carboxylic acids is 1. The van der Waals surface area contributed by atoms with E-state index < -0.39 is 11.7 Å². The quantitative estimate of drug-likeness (QED) is 0.783. The molecule has 0 atom stereocenters. The molecule has 0 aliphatic rings. The number of benzene rings is 2. The maximum atomic E-state index is 13.8. The smallest absolute Gasteiger partial charge is 0.258 e. The fourth-order valence-corrected chi connectivity index (χ4v) is 2.95. The third kappa shape index (κ3) is 3.67. The largest absolute Gasteiger partial charge is 0.497 e. The second-order valence-electron chi connectivity index (χ2n) is 4.04. The number of anilines is 1. The number of methoxy groups -OCH3 is 1. The van der Waals surface area contributed by atoms with E-state index in [0.29, 0.717) is 10.2 Å². The van der Waals surface area contributed by atoms with Gasteiger partial charge in [-0.3, -0.25) is 4.79 Å². The second kappa shape index (κ2) is 6.64. The second-order valence-corrected chi connectivity index (χ2v) is 5.77. The Balaban J connectivity index is 2.30. The Labute approximate surface area is 139 Å². The van der Waals surface area contributed by atoms with Gasteiger partial charge in [-0.25, -0.2) is 4.39 Å². The summed E-state index contributed by atoms with van der Waals surface area (Å²) in [5.41, 5.74) is 0.0904. The molecular formula is C14H9BrCl2FNO2. The fourth-order valence-electron chi connectivity index (χ4n) is 1.65. The van der Waals surface area contributed by atoms with E-state index in [2.05, 4.69) is 21.2 Å². The molecular weight excluding hydrogens is 384 g/mol. The number of carbonyl (C=O) groups is 1. The zero-order chi connectivity index (χ0) is 15.6. The normalized spacial score (nSPS) is 10.3. The molecule has 0 heterocycles. The number of halogens is 4. The van der Waals surface area contributed by atoms with Gasteiger partial charge in [0.05, 0.1) is 28.4 Å². The van der Waals surface area contributed by atoms with Crippen LogP contribution in [0.3, 0.4) is 0 Å². The van der Waals surface area contributed by atoms with E-state index in [4.69, 9.17) is 27.9 Å². The molecule has 0 radical (unpaired) electrons. The topological polar surface area (TPSA) is 38.3 Å². The van der Waals surface area contributed by atoms with Crippen LogP contribution in [0.1, 0.15) is 10.4 Å². The first-order chi connectivity index (χ1) is 9.92. The van der Waals surface area contributed by atoms with Crippen molar-refractivity contribution in [1.82, 2.24) is 0 Å². The Kier molecular flexibility index (Phi) is 5.08. The summed E-state index contributed by atoms with van der Waals surface area (Å²) in [6.07, 6.45) is 0. The molecule has 0 bridgehead atoms. The predicted octanol–water partition coefficient (Wildman–Crippen LogP) is 5.16. The van der Waals surface area contributed by atoms with Gasteiger partial charge in [0.2, 0.25) is 0 Å². The van der Waals surface area contributed by atoms with Gasteiger partial charge < -0.3 is 10.1 Å². The van der Waals surface area contributed by atoms with Crippen LogP contribution in [0.5, 0.6) is 5.75 Å². The molecule has 0 saturated carbocycles. The molecule has 21 heavy (non-hydrogen) atoms. The Morgan fingerprint density at radius 3 is 2.38 bits per heavy atom. The minimum absolute atomic E-state index is 0.133. The zero-order valence-corrected chi connectivity index (χ0v) is 13.8. The number of nitrogens with one attached hydrogen (secondary N) is 1. The molecule has 2 aromatic rings. The van der Waals surface area contributed by atoms with Crippen LogP contribution in [-0.2, 0) is 0 Å². The maximum absolute atomic E-state index is 13.8. The standard InChI is InChI=1S/C14H9BrCl2FNO2/c1-21-8-2-3-9(12(18)6-8)14(20)19-13-10(16)4-7(15)5-11(13)17/h2-6H,1H3,(H,19,20). The minimum atomic E-state index is -0.698. The van der Waals surface area contributed by atoms with E-state index >= 15 is 0 Å². The van der Waals surface area contributed by atoms with Crippen molar-refractivity contribution < 1.29 is 13.9 Å². The monoisotopic (exact) mass is 391 g/mol. The van der Waals surface area contributed by atoms with Gasteiger partial charge in [0.25, 0.3) is 5.91 Å². The van der Waals surface area contributed by atoms with Crippen molar-refractivity contribution in [1.29, 1.82) is 0 Å². The van der Waals surface area contributed by atoms with Gasteiger partial charge in [0.1, 0.15) is 11.6 Å². The summed E-state index contributed by atoms with van der Waals surface area (Å²) in [5, 5.41) is 2.99.